The lowest BCUT2D eigenvalue weighted by Crippen LogP contribution is -2.25. The monoisotopic (exact) mass is 282 g/mol. The number of nitrogens with zero attached hydrogens (tertiary/aromatic N) is 3. The van der Waals surface area contributed by atoms with E-state index >= 15 is 0 Å². The van der Waals surface area contributed by atoms with Crippen LogP contribution in [0.4, 0.5) is 5.82 Å². The molecule has 5 nitrogen and oxygen atoms in total. The van der Waals surface area contributed by atoms with Crippen LogP contribution in [-0.2, 0) is 0 Å². The Balaban J connectivity index is 1.90. The second kappa shape index (κ2) is 5.52. The number of hydrogen-bond donors (Lipinski definition) is 1. The normalized spacial score (nSPS) is 18.0. The SMILES string of the molecule is Cc1ccccc1[C@@H]1CCCN1c1ccc(C(N)=O)nn1. The van der Waals surface area contributed by atoms with Crippen molar-refractivity contribution in [1.82, 2.24) is 10.2 Å². The Morgan fingerprint density at radius 1 is 1.24 bits per heavy atom. The third-order valence-electron chi connectivity index (χ3n) is 4.00. The minimum atomic E-state index is -0.550. The molecule has 2 heterocycles. The fraction of sp³-hybridized carbons (Fsp3) is 0.312. The highest BCUT2D eigenvalue weighted by atomic mass is 16.1. The molecule has 0 aliphatic carbocycles. The standard InChI is InChI=1S/C16H18N4O/c1-11-5-2-3-6-12(11)14-7-4-10-20(14)15-9-8-13(16(17)21)18-19-15/h2-3,5-6,8-9,14H,4,7,10H2,1H3,(H2,17,21)/t14-/m0/s1. The Morgan fingerprint density at radius 2 is 2.05 bits per heavy atom. The van der Waals surface area contributed by atoms with Crippen molar-refractivity contribution in [3.8, 4) is 0 Å². The lowest BCUT2D eigenvalue weighted by Gasteiger charge is -2.26. The first kappa shape index (κ1) is 13.5. The second-order valence-electron chi connectivity index (χ2n) is 5.35. The fourth-order valence-electron chi connectivity index (χ4n) is 2.93. The molecule has 108 valence electrons. The van der Waals surface area contributed by atoms with Gasteiger partial charge in [0, 0.05) is 6.54 Å². The van der Waals surface area contributed by atoms with Gasteiger partial charge in [0.05, 0.1) is 6.04 Å². The molecule has 2 N–H and O–H groups in total. The maximum absolute atomic E-state index is 11.1. The minimum absolute atomic E-state index is 0.199. The molecule has 0 spiro atoms. The first-order chi connectivity index (χ1) is 10.2. The number of primary amides is 1. The van der Waals surface area contributed by atoms with E-state index in [4.69, 9.17) is 5.73 Å². The predicted octanol–water partition coefficient (Wildman–Crippen LogP) is 2.23. The van der Waals surface area contributed by atoms with E-state index in [1.165, 1.54) is 11.1 Å². The quantitative estimate of drug-likeness (QED) is 0.937. The van der Waals surface area contributed by atoms with Crippen LogP contribution in [0.25, 0.3) is 0 Å². The molecule has 0 unspecified atom stereocenters. The van der Waals surface area contributed by atoms with Gasteiger partial charge in [-0.1, -0.05) is 24.3 Å². The van der Waals surface area contributed by atoms with E-state index in [1.54, 1.807) is 6.07 Å². The van der Waals surface area contributed by atoms with Crippen molar-refractivity contribution >= 4 is 11.7 Å². The molecule has 0 bridgehead atoms. The van der Waals surface area contributed by atoms with Crippen molar-refractivity contribution in [3.63, 3.8) is 0 Å². The number of hydrogen-bond acceptors (Lipinski definition) is 4. The van der Waals surface area contributed by atoms with Crippen molar-refractivity contribution in [3.05, 3.63) is 53.2 Å². The Labute approximate surface area is 123 Å². The zero-order valence-electron chi connectivity index (χ0n) is 12.0. The number of carbonyl (C=O) groups is 1. The highest BCUT2D eigenvalue weighted by Crippen LogP contribution is 2.36. The largest absolute Gasteiger partial charge is 0.364 e. The van der Waals surface area contributed by atoms with Crippen LogP contribution in [0.15, 0.2) is 36.4 Å². The summed E-state index contributed by atoms with van der Waals surface area (Å²) in [5, 5.41) is 8.07. The highest BCUT2D eigenvalue weighted by Gasteiger charge is 2.28. The van der Waals surface area contributed by atoms with Crippen molar-refractivity contribution < 1.29 is 4.79 Å². The third kappa shape index (κ3) is 2.59. The van der Waals surface area contributed by atoms with Gasteiger partial charge in [-0.25, -0.2) is 0 Å². The van der Waals surface area contributed by atoms with Crippen LogP contribution in [0, 0.1) is 6.92 Å². The molecule has 5 heteroatoms. The van der Waals surface area contributed by atoms with Gasteiger partial charge in [-0.2, -0.15) is 0 Å². The summed E-state index contributed by atoms with van der Waals surface area (Å²) in [6.07, 6.45) is 2.22. The summed E-state index contributed by atoms with van der Waals surface area (Å²) in [5.41, 5.74) is 8.02. The van der Waals surface area contributed by atoms with Gasteiger partial charge in [-0.15, -0.1) is 10.2 Å². The number of rotatable bonds is 3. The van der Waals surface area contributed by atoms with E-state index in [9.17, 15) is 4.79 Å². The van der Waals surface area contributed by atoms with E-state index in [0.717, 1.165) is 25.2 Å². The number of benzene rings is 1. The maximum Gasteiger partial charge on any atom is 0.269 e. The summed E-state index contributed by atoms with van der Waals surface area (Å²) in [6.45, 7) is 3.08. The first-order valence-electron chi connectivity index (χ1n) is 7.12. The number of nitrogens with two attached hydrogens (primary N) is 1. The smallest absolute Gasteiger partial charge is 0.269 e. The van der Waals surface area contributed by atoms with Crippen LogP contribution in [0.2, 0.25) is 0 Å². The van der Waals surface area contributed by atoms with Crippen LogP contribution in [-0.4, -0.2) is 22.6 Å². The van der Waals surface area contributed by atoms with E-state index in [1.807, 2.05) is 6.07 Å². The van der Waals surface area contributed by atoms with Gasteiger partial charge in [0.1, 0.15) is 0 Å². The molecule has 1 aliphatic rings. The molecule has 1 saturated heterocycles. The second-order valence-corrected chi connectivity index (χ2v) is 5.35. The average molecular weight is 282 g/mol. The van der Waals surface area contributed by atoms with Crippen LogP contribution >= 0.6 is 0 Å². The lowest BCUT2D eigenvalue weighted by atomic mass is 9.99. The number of aryl methyl sites for hydroxylation is 1. The van der Waals surface area contributed by atoms with Crippen molar-refractivity contribution in [2.75, 3.05) is 11.4 Å². The van der Waals surface area contributed by atoms with Gasteiger partial charge >= 0.3 is 0 Å². The molecule has 1 amide bonds. The maximum atomic E-state index is 11.1. The number of aromatic nitrogens is 2. The Bertz CT molecular complexity index is 654. The summed E-state index contributed by atoms with van der Waals surface area (Å²) >= 11 is 0. The molecule has 2 aromatic rings. The summed E-state index contributed by atoms with van der Waals surface area (Å²) in [6, 6.07) is 12.2. The van der Waals surface area contributed by atoms with Gasteiger partial charge < -0.3 is 10.6 Å². The zero-order chi connectivity index (χ0) is 14.8. The Hall–Kier alpha value is -2.43. The molecule has 1 fully saturated rings. The van der Waals surface area contributed by atoms with Crippen molar-refractivity contribution in [1.29, 1.82) is 0 Å². The van der Waals surface area contributed by atoms with Crippen LogP contribution in [0.5, 0.6) is 0 Å². The van der Waals surface area contributed by atoms with E-state index in [0.29, 0.717) is 6.04 Å². The minimum Gasteiger partial charge on any atom is -0.364 e. The molecule has 1 atom stereocenters. The van der Waals surface area contributed by atoms with Gasteiger partial charge in [0.15, 0.2) is 11.5 Å². The van der Waals surface area contributed by atoms with E-state index in [2.05, 4.69) is 46.3 Å². The summed E-state index contributed by atoms with van der Waals surface area (Å²) < 4.78 is 0. The summed E-state index contributed by atoms with van der Waals surface area (Å²) in [7, 11) is 0. The number of amides is 1. The van der Waals surface area contributed by atoms with Gasteiger partial charge in [-0.3, -0.25) is 4.79 Å². The number of carbonyl (C=O) groups excluding carboxylic acids is 1. The molecule has 1 aromatic heterocycles. The van der Waals surface area contributed by atoms with Crippen LogP contribution in [0.3, 0.4) is 0 Å². The van der Waals surface area contributed by atoms with Crippen molar-refractivity contribution in [2.45, 2.75) is 25.8 Å². The topological polar surface area (TPSA) is 72.1 Å². The molecule has 3 rings (SSSR count). The molecular weight excluding hydrogens is 264 g/mol. The van der Waals surface area contributed by atoms with Gasteiger partial charge in [0.2, 0.25) is 0 Å². The molecule has 0 radical (unpaired) electrons. The van der Waals surface area contributed by atoms with Crippen molar-refractivity contribution in [2.24, 2.45) is 5.73 Å². The zero-order valence-corrected chi connectivity index (χ0v) is 12.0. The van der Waals surface area contributed by atoms with Crippen LogP contribution in [0.1, 0.15) is 40.5 Å². The summed E-state index contributed by atoms with van der Waals surface area (Å²) in [5.74, 6) is 0.247. The van der Waals surface area contributed by atoms with Gasteiger partial charge in [-0.05, 0) is 43.0 Å². The van der Waals surface area contributed by atoms with E-state index in [-0.39, 0.29) is 5.69 Å². The predicted molar refractivity (Wildman–Crippen MR) is 81.0 cm³/mol. The lowest BCUT2D eigenvalue weighted by molar-refractivity contribution is 0.0994. The molecule has 21 heavy (non-hydrogen) atoms. The molecule has 0 saturated carbocycles. The first-order valence-corrected chi connectivity index (χ1v) is 7.12. The molecular formula is C16H18N4O. The highest BCUT2D eigenvalue weighted by molar-refractivity contribution is 5.90. The fourth-order valence-corrected chi connectivity index (χ4v) is 2.93. The Morgan fingerprint density at radius 3 is 2.71 bits per heavy atom. The molecule has 1 aromatic carbocycles. The van der Waals surface area contributed by atoms with E-state index < -0.39 is 5.91 Å². The van der Waals surface area contributed by atoms with Gasteiger partial charge in [0.25, 0.3) is 5.91 Å². The third-order valence-corrected chi connectivity index (χ3v) is 4.00. The Kier molecular flexibility index (Phi) is 3.56. The number of anilines is 1. The average Bonchev–Trinajstić information content (AvgIpc) is 2.97. The van der Waals surface area contributed by atoms with Crippen LogP contribution < -0.4 is 10.6 Å². The molecule has 1 aliphatic heterocycles. The summed E-state index contributed by atoms with van der Waals surface area (Å²) in [4.78, 5) is 13.3.